The van der Waals surface area contributed by atoms with Crippen molar-refractivity contribution in [3.05, 3.63) is 158 Å². The Bertz CT molecular complexity index is 2640. The third-order valence-corrected chi connectivity index (χ3v) is 9.59. The van der Waals surface area contributed by atoms with Crippen molar-refractivity contribution in [2.24, 2.45) is 0 Å². The summed E-state index contributed by atoms with van der Waals surface area (Å²) in [6.45, 7) is 0. The van der Waals surface area contributed by atoms with E-state index in [0.717, 1.165) is 77.3 Å². The molecule has 0 atom stereocenters. The first-order chi connectivity index (χ1) is 23.8. The fourth-order valence-corrected chi connectivity index (χ4v) is 7.37. The zero-order valence-electron chi connectivity index (χ0n) is 25.8. The zero-order chi connectivity index (χ0) is 31.6. The normalized spacial score (nSPS) is 11.8. The number of para-hydroxylation sites is 2. The molecule has 0 fully saturated rings. The molecule has 0 radical (unpaired) electrons. The molecular formula is C44H26N4. The number of hydrogen-bond acceptors (Lipinski definition) is 4. The van der Waals surface area contributed by atoms with E-state index in [0.29, 0.717) is 0 Å². The van der Waals surface area contributed by atoms with Crippen molar-refractivity contribution in [1.29, 1.82) is 0 Å². The highest BCUT2D eigenvalue weighted by Crippen LogP contribution is 2.48. The van der Waals surface area contributed by atoms with Gasteiger partial charge in [0.2, 0.25) is 0 Å². The van der Waals surface area contributed by atoms with Crippen LogP contribution in [0.1, 0.15) is 0 Å². The van der Waals surface area contributed by atoms with Crippen LogP contribution in [0.2, 0.25) is 0 Å². The van der Waals surface area contributed by atoms with Gasteiger partial charge in [-0.2, -0.15) is 0 Å². The summed E-state index contributed by atoms with van der Waals surface area (Å²) in [6.07, 6.45) is 7.56. The maximum Gasteiger partial charge on any atom is 0.0716 e. The van der Waals surface area contributed by atoms with Gasteiger partial charge in [-0.05, 0) is 92.0 Å². The van der Waals surface area contributed by atoms with Gasteiger partial charge in [-0.25, -0.2) is 9.97 Å². The fraction of sp³-hybridized carbons (Fsp3) is 0. The van der Waals surface area contributed by atoms with Crippen molar-refractivity contribution >= 4 is 54.1 Å². The number of hydrogen-bond donors (Lipinski definition) is 0. The molecule has 48 heavy (non-hydrogen) atoms. The van der Waals surface area contributed by atoms with Crippen LogP contribution >= 0.6 is 0 Å². The van der Waals surface area contributed by atoms with Crippen molar-refractivity contribution in [2.75, 3.05) is 0 Å². The molecule has 0 bridgehead atoms. The van der Waals surface area contributed by atoms with E-state index >= 15 is 0 Å². The molecule has 0 spiro atoms. The summed E-state index contributed by atoms with van der Waals surface area (Å²) in [6, 6.07) is 47.2. The molecule has 4 heterocycles. The third-order valence-electron chi connectivity index (χ3n) is 9.59. The number of pyridine rings is 4. The monoisotopic (exact) mass is 610 g/mol. The molecule has 4 nitrogen and oxygen atoms in total. The van der Waals surface area contributed by atoms with Crippen molar-refractivity contribution in [3.63, 3.8) is 0 Å². The molecule has 0 N–H and O–H groups in total. The van der Waals surface area contributed by atoms with Gasteiger partial charge in [-0.1, -0.05) is 84.9 Å². The van der Waals surface area contributed by atoms with Crippen LogP contribution in [-0.4, -0.2) is 19.9 Å². The Morgan fingerprint density at radius 2 is 0.792 bits per heavy atom. The van der Waals surface area contributed by atoms with Gasteiger partial charge in [0.25, 0.3) is 0 Å². The Labute approximate surface area is 276 Å². The Kier molecular flexibility index (Phi) is 5.84. The first-order valence-electron chi connectivity index (χ1n) is 16.1. The van der Waals surface area contributed by atoms with E-state index in [1.165, 1.54) is 21.5 Å². The molecule has 0 unspecified atom stereocenters. The predicted molar refractivity (Wildman–Crippen MR) is 198 cm³/mol. The molecule has 0 amide bonds. The standard InChI is InChI=1S/C44H26N4/c1-3-11-39-27(7-1)13-19-41(47-39)37-24-38(42-20-14-28-8-2-4-12-40(28)48-42)34-18-16-32-36(30-10-6-22-46-26-30)23-35(29-9-5-21-45-25-29)31-15-17-33(37)44(34)43(31)32/h1-26H. The summed E-state index contributed by atoms with van der Waals surface area (Å²) in [5.41, 5.74) is 10.4. The Hall–Kier alpha value is -6.52. The fourth-order valence-electron chi connectivity index (χ4n) is 7.37. The Morgan fingerprint density at radius 1 is 0.354 bits per heavy atom. The van der Waals surface area contributed by atoms with Crippen LogP contribution in [0, 0.1) is 0 Å². The number of fused-ring (bicyclic) bond motifs is 2. The highest BCUT2D eigenvalue weighted by molar-refractivity contribution is 6.31. The summed E-state index contributed by atoms with van der Waals surface area (Å²) < 4.78 is 0. The predicted octanol–water partition coefficient (Wildman–Crippen LogP) is 11.1. The van der Waals surface area contributed by atoms with Crippen LogP contribution in [0.25, 0.3) is 98.9 Å². The second-order valence-electron chi connectivity index (χ2n) is 12.3. The topological polar surface area (TPSA) is 51.6 Å². The van der Waals surface area contributed by atoms with Crippen LogP contribution in [0.3, 0.4) is 0 Å². The number of benzene rings is 6. The lowest BCUT2D eigenvalue weighted by atomic mass is 9.83. The van der Waals surface area contributed by atoms with Crippen LogP contribution in [-0.2, 0) is 0 Å². The molecule has 0 aliphatic carbocycles. The number of aromatic nitrogens is 4. The lowest BCUT2D eigenvalue weighted by molar-refractivity contribution is 1.33. The SMILES string of the molecule is c1cncc(-c2cc(-c3cccnc3)c3ccc4c(-c5ccc6ccccc6n5)cc(-c5ccc6ccccc6n5)c5ccc2c3c54)c1. The second kappa shape index (κ2) is 10.5. The van der Waals surface area contributed by atoms with Gasteiger partial charge >= 0.3 is 0 Å². The van der Waals surface area contributed by atoms with Crippen LogP contribution in [0.15, 0.2) is 158 Å². The van der Waals surface area contributed by atoms with Crippen molar-refractivity contribution < 1.29 is 0 Å². The highest BCUT2D eigenvalue weighted by atomic mass is 14.7. The van der Waals surface area contributed by atoms with E-state index < -0.39 is 0 Å². The smallest absolute Gasteiger partial charge is 0.0716 e. The average Bonchev–Trinajstić information content (AvgIpc) is 3.16. The quantitative estimate of drug-likeness (QED) is 0.186. The first kappa shape index (κ1) is 26.7. The second-order valence-corrected chi connectivity index (χ2v) is 12.3. The maximum atomic E-state index is 5.21. The molecule has 10 rings (SSSR count). The van der Waals surface area contributed by atoms with Gasteiger partial charge in [0.05, 0.1) is 22.4 Å². The van der Waals surface area contributed by atoms with Crippen molar-refractivity contribution in [1.82, 2.24) is 19.9 Å². The molecular weight excluding hydrogens is 585 g/mol. The van der Waals surface area contributed by atoms with Gasteiger partial charge in [0.15, 0.2) is 0 Å². The summed E-state index contributed by atoms with van der Waals surface area (Å²) >= 11 is 0. The molecule has 0 saturated carbocycles. The first-order valence-corrected chi connectivity index (χ1v) is 16.1. The van der Waals surface area contributed by atoms with Gasteiger partial charge in [0, 0.05) is 57.8 Å². The minimum atomic E-state index is 0.939. The van der Waals surface area contributed by atoms with Crippen LogP contribution in [0.5, 0.6) is 0 Å². The van der Waals surface area contributed by atoms with E-state index in [4.69, 9.17) is 9.97 Å². The van der Waals surface area contributed by atoms with Crippen molar-refractivity contribution in [2.45, 2.75) is 0 Å². The molecule has 4 heteroatoms. The average molecular weight is 611 g/mol. The van der Waals surface area contributed by atoms with Crippen molar-refractivity contribution in [3.8, 4) is 44.8 Å². The zero-order valence-corrected chi connectivity index (χ0v) is 25.8. The summed E-state index contributed by atoms with van der Waals surface area (Å²) in [5, 5.41) is 9.37. The van der Waals surface area contributed by atoms with E-state index in [1.807, 2.05) is 49.1 Å². The molecule has 10 aromatic rings. The molecule has 6 aromatic carbocycles. The molecule has 0 aliphatic rings. The van der Waals surface area contributed by atoms with E-state index in [9.17, 15) is 0 Å². The van der Waals surface area contributed by atoms with Crippen LogP contribution < -0.4 is 0 Å². The number of rotatable bonds is 4. The van der Waals surface area contributed by atoms with E-state index in [-0.39, 0.29) is 0 Å². The lowest BCUT2D eigenvalue weighted by Crippen LogP contribution is -1.96. The summed E-state index contributed by atoms with van der Waals surface area (Å²) in [5.74, 6) is 0. The lowest BCUT2D eigenvalue weighted by Gasteiger charge is -2.21. The molecule has 0 aliphatic heterocycles. The van der Waals surface area contributed by atoms with E-state index in [1.54, 1.807) is 0 Å². The van der Waals surface area contributed by atoms with Gasteiger partial charge < -0.3 is 0 Å². The van der Waals surface area contributed by atoms with Crippen LogP contribution in [0.4, 0.5) is 0 Å². The van der Waals surface area contributed by atoms with Gasteiger partial charge in [0.1, 0.15) is 0 Å². The Balaban J connectivity index is 1.38. The molecule has 0 saturated heterocycles. The van der Waals surface area contributed by atoms with E-state index in [2.05, 4.69) is 119 Å². The summed E-state index contributed by atoms with van der Waals surface area (Å²) in [7, 11) is 0. The number of nitrogens with zero attached hydrogens (tertiary/aromatic N) is 4. The highest BCUT2D eigenvalue weighted by Gasteiger charge is 2.22. The third kappa shape index (κ3) is 4.10. The summed E-state index contributed by atoms with van der Waals surface area (Å²) in [4.78, 5) is 19.4. The Morgan fingerprint density at radius 3 is 1.25 bits per heavy atom. The minimum absolute atomic E-state index is 0.939. The molecule has 222 valence electrons. The largest absolute Gasteiger partial charge is 0.264 e. The maximum absolute atomic E-state index is 5.21. The minimum Gasteiger partial charge on any atom is -0.264 e. The van der Waals surface area contributed by atoms with Gasteiger partial charge in [-0.15, -0.1) is 0 Å². The van der Waals surface area contributed by atoms with Gasteiger partial charge in [-0.3, -0.25) is 9.97 Å². The molecule has 4 aromatic heterocycles.